The number of ether oxygens (including phenoxy) is 1. The van der Waals surface area contributed by atoms with Gasteiger partial charge in [0, 0.05) is 11.9 Å². The van der Waals surface area contributed by atoms with Crippen LogP contribution in [0.5, 0.6) is 0 Å². The van der Waals surface area contributed by atoms with Crippen molar-refractivity contribution in [3.63, 3.8) is 0 Å². The summed E-state index contributed by atoms with van der Waals surface area (Å²) in [6.45, 7) is 0.563. The van der Waals surface area contributed by atoms with Crippen LogP contribution in [-0.2, 0) is 11.3 Å². The molecule has 4 aromatic rings. The number of carbonyl (C=O) groups excluding carboxylic acids is 3. The Morgan fingerprint density at radius 2 is 1.36 bits per heavy atom. The van der Waals surface area contributed by atoms with Crippen molar-refractivity contribution in [2.45, 2.75) is 19.4 Å². The van der Waals surface area contributed by atoms with Gasteiger partial charge in [-0.3, -0.25) is 19.3 Å². The number of fused-ring (bicyclic) bond motifs is 2. The van der Waals surface area contributed by atoms with Crippen LogP contribution >= 0.6 is 0 Å². The largest absolute Gasteiger partial charge is 0.461 e. The van der Waals surface area contributed by atoms with E-state index in [1.54, 1.807) is 48.5 Å². The molecule has 0 fully saturated rings. The van der Waals surface area contributed by atoms with Gasteiger partial charge < -0.3 is 4.74 Å². The number of nitrogens with zero attached hydrogens (tertiary/aromatic N) is 3. The average Bonchev–Trinajstić information content (AvgIpc) is 3.15. The fourth-order valence-electron chi connectivity index (χ4n) is 4.30. The highest BCUT2D eigenvalue weighted by atomic mass is 16.5. The first-order chi connectivity index (χ1) is 17.5. The van der Waals surface area contributed by atoms with Crippen LogP contribution in [0.2, 0.25) is 0 Å². The molecule has 0 atom stereocenters. The Balaban J connectivity index is 1.24. The Kier molecular flexibility index (Phi) is 6.40. The predicted octanol–water partition coefficient (Wildman–Crippen LogP) is 3.68. The number of amides is 2. The van der Waals surface area contributed by atoms with Crippen molar-refractivity contribution in [1.82, 2.24) is 14.7 Å². The van der Waals surface area contributed by atoms with Crippen LogP contribution < -0.4 is 5.56 Å². The molecule has 0 aliphatic carbocycles. The van der Waals surface area contributed by atoms with E-state index in [0.717, 1.165) is 5.56 Å². The molecule has 1 aromatic heterocycles. The minimum atomic E-state index is -0.631. The van der Waals surface area contributed by atoms with E-state index in [9.17, 15) is 19.2 Å². The summed E-state index contributed by atoms with van der Waals surface area (Å²) in [5, 5.41) is 5.16. The number of hydrogen-bond acceptors (Lipinski definition) is 6. The molecular formula is C28H23N3O5. The lowest BCUT2D eigenvalue weighted by atomic mass is 10.1. The van der Waals surface area contributed by atoms with Gasteiger partial charge in [0.15, 0.2) is 5.69 Å². The summed E-state index contributed by atoms with van der Waals surface area (Å²) in [5.41, 5.74) is 1.50. The predicted molar refractivity (Wildman–Crippen MR) is 133 cm³/mol. The zero-order valence-corrected chi connectivity index (χ0v) is 19.4. The molecule has 2 amide bonds. The number of carbonyl (C=O) groups is 3. The van der Waals surface area contributed by atoms with E-state index in [4.69, 9.17) is 4.74 Å². The molecule has 36 heavy (non-hydrogen) atoms. The molecule has 0 saturated heterocycles. The summed E-state index contributed by atoms with van der Waals surface area (Å²) in [7, 11) is 0. The van der Waals surface area contributed by atoms with Crippen molar-refractivity contribution < 1.29 is 19.1 Å². The highest BCUT2D eigenvalue weighted by Crippen LogP contribution is 2.22. The molecule has 5 rings (SSSR count). The van der Waals surface area contributed by atoms with E-state index in [2.05, 4.69) is 5.10 Å². The van der Waals surface area contributed by atoms with Crippen LogP contribution in [0.1, 0.15) is 49.6 Å². The number of esters is 1. The summed E-state index contributed by atoms with van der Waals surface area (Å²) in [5.74, 6) is -1.23. The number of unbranched alkanes of at least 4 members (excludes halogenated alkanes) is 1. The zero-order chi connectivity index (χ0) is 25.1. The Hall–Kier alpha value is -4.59. The second-order valence-electron chi connectivity index (χ2n) is 8.49. The number of rotatable bonds is 8. The van der Waals surface area contributed by atoms with Crippen LogP contribution in [-0.4, -0.2) is 45.6 Å². The summed E-state index contributed by atoms with van der Waals surface area (Å²) >= 11 is 0. The van der Waals surface area contributed by atoms with Gasteiger partial charge >= 0.3 is 5.97 Å². The van der Waals surface area contributed by atoms with E-state index in [0.29, 0.717) is 34.7 Å². The van der Waals surface area contributed by atoms with Gasteiger partial charge in [-0.05, 0) is 36.6 Å². The van der Waals surface area contributed by atoms with Gasteiger partial charge in [0.25, 0.3) is 17.4 Å². The van der Waals surface area contributed by atoms with Crippen LogP contribution in [0.3, 0.4) is 0 Å². The van der Waals surface area contributed by atoms with Gasteiger partial charge in [-0.2, -0.15) is 5.10 Å². The number of hydrogen-bond donors (Lipinski definition) is 0. The highest BCUT2D eigenvalue weighted by Gasteiger charge is 2.34. The lowest BCUT2D eigenvalue weighted by molar-refractivity contribution is 0.0479. The topological polar surface area (TPSA) is 98.6 Å². The van der Waals surface area contributed by atoms with Crippen LogP contribution in [0.25, 0.3) is 10.8 Å². The molecule has 8 heteroatoms. The minimum Gasteiger partial charge on any atom is -0.461 e. The molecule has 0 unspecified atom stereocenters. The molecule has 0 spiro atoms. The Morgan fingerprint density at radius 1 is 0.750 bits per heavy atom. The van der Waals surface area contributed by atoms with Gasteiger partial charge in [-0.1, -0.05) is 60.7 Å². The molecular weight excluding hydrogens is 458 g/mol. The lowest BCUT2D eigenvalue weighted by Crippen LogP contribution is -2.31. The first-order valence-corrected chi connectivity index (χ1v) is 11.7. The number of imide groups is 1. The second kappa shape index (κ2) is 9.95. The van der Waals surface area contributed by atoms with E-state index >= 15 is 0 Å². The third-order valence-corrected chi connectivity index (χ3v) is 6.12. The summed E-state index contributed by atoms with van der Waals surface area (Å²) in [6, 6.07) is 23.0. The fourth-order valence-corrected chi connectivity index (χ4v) is 4.30. The van der Waals surface area contributed by atoms with Crippen molar-refractivity contribution in [2.75, 3.05) is 13.2 Å². The maximum Gasteiger partial charge on any atom is 0.359 e. The summed E-state index contributed by atoms with van der Waals surface area (Å²) in [4.78, 5) is 52.0. The Bertz CT molecular complexity index is 1490. The van der Waals surface area contributed by atoms with E-state index in [-0.39, 0.29) is 42.8 Å². The molecule has 0 saturated carbocycles. The van der Waals surface area contributed by atoms with Crippen molar-refractivity contribution in [1.29, 1.82) is 0 Å². The van der Waals surface area contributed by atoms with Crippen molar-refractivity contribution in [3.8, 4) is 0 Å². The number of benzene rings is 3. The number of aromatic nitrogens is 2. The van der Waals surface area contributed by atoms with E-state index in [1.807, 2.05) is 30.3 Å². The Labute approximate surface area is 206 Å². The molecule has 3 aromatic carbocycles. The van der Waals surface area contributed by atoms with Crippen molar-refractivity contribution in [2.24, 2.45) is 0 Å². The van der Waals surface area contributed by atoms with Crippen molar-refractivity contribution in [3.05, 3.63) is 112 Å². The van der Waals surface area contributed by atoms with E-state index in [1.165, 1.54) is 9.58 Å². The monoisotopic (exact) mass is 481 g/mol. The van der Waals surface area contributed by atoms with Crippen molar-refractivity contribution >= 4 is 28.6 Å². The summed E-state index contributed by atoms with van der Waals surface area (Å²) in [6.07, 6.45) is 0.946. The molecule has 1 aliphatic heterocycles. The van der Waals surface area contributed by atoms with Crippen LogP contribution in [0, 0.1) is 0 Å². The standard InChI is InChI=1S/C28H23N3O5/c32-25-22-14-6-7-15-23(22)26(33)30(25)16-8-9-17-36-28(35)24-20-12-4-5-13-21(20)27(34)31(29-24)18-19-10-2-1-3-11-19/h1-7,10-15H,8-9,16-18H2. The molecule has 180 valence electrons. The van der Waals surface area contributed by atoms with Gasteiger partial charge in [0.1, 0.15) is 0 Å². The summed E-state index contributed by atoms with van der Waals surface area (Å²) < 4.78 is 6.73. The molecule has 8 nitrogen and oxygen atoms in total. The SMILES string of the molecule is O=C(OCCCCN1C(=O)c2ccccc2C1=O)c1nn(Cc2ccccc2)c(=O)c2ccccc12. The first-order valence-electron chi connectivity index (χ1n) is 11.7. The average molecular weight is 482 g/mol. The van der Waals surface area contributed by atoms with E-state index < -0.39 is 5.97 Å². The lowest BCUT2D eigenvalue weighted by Gasteiger charge is -2.14. The van der Waals surface area contributed by atoms with Crippen LogP contribution in [0.4, 0.5) is 0 Å². The fraction of sp³-hybridized carbons (Fsp3) is 0.179. The second-order valence-corrected chi connectivity index (χ2v) is 8.49. The smallest absolute Gasteiger partial charge is 0.359 e. The third-order valence-electron chi connectivity index (χ3n) is 6.12. The van der Waals surface area contributed by atoms with Gasteiger partial charge in [0.05, 0.1) is 29.7 Å². The molecule has 0 radical (unpaired) electrons. The quantitative estimate of drug-likeness (QED) is 0.216. The Morgan fingerprint density at radius 3 is 2.06 bits per heavy atom. The zero-order valence-electron chi connectivity index (χ0n) is 19.4. The normalized spacial score (nSPS) is 12.7. The maximum atomic E-state index is 13.0. The van der Waals surface area contributed by atoms with Gasteiger partial charge in [0.2, 0.25) is 0 Å². The molecule has 2 heterocycles. The molecule has 1 aliphatic rings. The third kappa shape index (κ3) is 4.40. The first kappa shape index (κ1) is 23.2. The molecule has 0 bridgehead atoms. The maximum absolute atomic E-state index is 13.0. The highest BCUT2D eigenvalue weighted by molar-refractivity contribution is 6.21. The van der Waals surface area contributed by atoms with Crippen LogP contribution in [0.15, 0.2) is 83.7 Å². The van der Waals surface area contributed by atoms with Gasteiger partial charge in [-0.25, -0.2) is 9.48 Å². The minimum absolute atomic E-state index is 0.0708. The van der Waals surface area contributed by atoms with Gasteiger partial charge in [-0.15, -0.1) is 0 Å². The molecule has 0 N–H and O–H groups in total.